The molecule has 0 radical (unpaired) electrons. The van der Waals surface area contributed by atoms with E-state index in [-0.39, 0.29) is 16.3 Å². The Morgan fingerprint density at radius 1 is 1.45 bits per heavy atom. The highest BCUT2D eigenvalue weighted by Crippen LogP contribution is 2.22. The lowest BCUT2D eigenvalue weighted by molar-refractivity contribution is -0.384. The first-order chi connectivity index (χ1) is 9.49. The van der Waals surface area contributed by atoms with Crippen molar-refractivity contribution in [1.29, 1.82) is 0 Å². The minimum atomic E-state index is -0.565. The molecule has 0 aliphatic rings. The summed E-state index contributed by atoms with van der Waals surface area (Å²) in [5, 5.41) is 13.6. The van der Waals surface area contributed by atoms with E-state index >= 15 is 0 Å². The quantitative estimate of drug-likeness (QED) is 0.695. The van der Waals surface area contributed by atoms with Crippen molar-refractivity contribution in [3.8, 4) is 0 Å². The molecule has 0 saturated heterocycles. The average Bonchev–Trinajstić information content (AvgIpc) is 2.81. The van der Waals surface area contributed by atoms with Crippen LogP contribution in [0.1, 0.15) is 16.1 Å². The Balaban J connectivity index is 2.15. The van der Waals surface area contributed by atoms with Crippen molar-refractivity contribution in [2.75, 3.05) is 0 Å². The highest BCUT2D eigenvalue weighted by atomic mass is 35.5. The first kappa shape index (κ1) is 14.1. The smallest absolute Gasteiger partial charge is 0.270 e. The molecule has 0 aliphatic carbocycles. The number of non-ortho nitro benzene ring substituents is 1. The monoisotopic (exact) mass is 293 g/mol. The van der Waals surface area contributed by atoms with Crippen LogP contribution in [0.3, 0.4) is 0 Å². The molecular formula is C13H12ClN3O3. The Bertz CT molecular complexity index is 667. The predicted octanol–water partition coefficient (Wildman–Crippen LogP) is 2.52. The number of carbonyl (C=O) groups excluding carboxylic acids is 1. The fourth-order valence-electron chi connectivity index (χ4n) is 1.75. The Morgan fingerprint density at radius 2 is 2.20 bits per heavy atom. The summed E-state index contributed by atoms with van der Waals surface area (Å²) in [7, 11) is 1.86. The van der Waals surface area contributed by atoms with Gasteiger partial charge in [-0.25, -0.2) is 0 Å². The second-order valence-corrected chi connectivity index (χ2v) is 4.62. The van der Waals surface area contributed by atoms with Crippen LogP contribution < -0.4 is 5.32 Å². The fraction of sp³-hybridized carbons (Fsp3) is 0.154. The SMILES string of the molecule is Cn1cccc1CNC(=O)c1cc([N+](=O)[O-])ccc1Cl. The van der Waals surface area contributed by atoms with Crippen molar-refractivity contribution in [1.82, 2.24) is 9.88 Å². The molecule has 2 aromatic rings. The van der Waals surface area contributed by atoms with Gasteiger partial charge in [-0.15, -0.1) is 0 Å². The summed E-state index contributed by atoms with van der Waals surface area (Å²) in [6.45, 7) is 0.321. The van der Waals surface area contributed by atoms with Gasteiger partial charge in [0.25, 0.3) is 11.6 Å². The van der Waals surface area contributed by atoms with E-state index in [0.717, 1.165) is 5.69 Å². The average molecular weight is 294 g/mol. The zero-order valence-corrected chi connectivity index (χ0v) is 11.4. The van der Waals surface area contributed by atoms with E-state index < -0.39 is 10.8 Å². The van der Waals surface area contributed by atoms with Crippen molar-refractivity contribution in [2.45, 2.75) is 6.54 Å². The molecule has 6 nitrogen and oxygen atoms in total. The molecule has 0 aliphatic heterocycles. The summed E-state index contributed by atoms with van der Waals surface area (Å²) in [4.78, 5) is 22.2. The van der Waals surface area contributed by atoms with Crippen molar-refractivity contribution in [3.05, 3.63) is 62.9 Å². The molecule has 2 rings (SSSR count). The molecule has 1 heterocycles. The molecule has 20 heavy (non-hydrogen) atoms. The van der Waals surface area contributed by atoms with Crippen LogP contribution in [0.15, 0.2) is 36.5 Å². The standard InChI is InChI=1S/C13H12ClN3O3/c1-16-6-2-3-10(16)8-15-13(18)11-7-9(17(19)20)4-5-12(11)14/h2-7H,8H2,1H3,(H,15,18). The number of nitrogens with one attached hydrogen (secondary N) is 1. The number of amides is 1. The van der Waals surface area contributed by atoms with E-state index in [0.29, 0.717) is 6.54 Å². The van der Waals surface area contributed by atoms with Gasteiger partial charge in [-0.05, 0) is 18.2 Å². The Kier molecular flexibility index (Phi) is 4.05. The number of aromatic nitrogens is 1. The normalized spacial score (nSPS) is 10.3. The summed E-state index contributed by atoms with van der Waals surface area (Å²) < 4.78 is 1.87. The minimum absolute atomic E-state index is 0.0927. The van der Waals surface area contributed by atoms with Gasteiger partial charge in [0.05, 0.1) is 22.1 Å². The number of benzene rings is 1. The molecule has 0 unspecified atom stereocenters. The zero-order valence-electron chi connectivity index (χ0n) is 10.7. The van der Waals surface area contributed by atoms with Gasteiger partial charge in [-0.2, -0.15) is 0 Å². The number of carbonyl (C=O) groups is 1. The molecule has 1 amide bonds. The Morgan fingerprint density at radius 3 is 2.80 bits per heavy atom. The molecule has 0 atom stereocenters. The van der Waals surface area contributed by atoms with Gasteiger partial charge in [-0.1, -0.05) is 11.6 Å². The van der Waals surface area contributed by atoms with Gasteiger partial charge in [0.2, 0.25) is 0 Å². The number of aryl methyl sites for hydroxylation is 1. The van der Waals surface area contributed by atoms with Crippen LogP contribution >= 0.6 is 11.6 Å². The number of halogens is 1. The maximum absolute atomic E-state index is 12.0. The summed E-state index contributed by atoms with van der Waals surface area (Å²) in [5.74, 6) is -0.445. The van der Waals surface area contributed by atoms with Gasteiger partial charge in [0.1, 0.15) is 0 Å². The van der Waals surface area contributed by atoms with Gasteiger partial charge < -0.3 is 9.88 Å². The van der Waals surface area contributed by atoms with Crippen LogP contribution in [-0.4, -0.2) is 15.4 Å². The van der Waals surface area contributed by atoms with Crippen molar-refractivity contribution in [3.63, 3.8) is 0 Å². The number of hydrogen-bond acceptors (Lipinski definition) is 3. The largest absolute Gasteiger partial charge is 0.353 e. The van der Waals surface area contributed by atoms with Crippen LogP contribution in [0.2, 0.25) is 5.02 Å². The van der Waals surface area contributed by atoms with Crippen molar-refractivity contribution >= 4 is 23.2 Å². The lowest BCUT2D eigenvalue weighted by Gasteiger charge is -2.07. The van der Waals surface area contributed by atoms with Crippen LogP contribution in [0.25, 0.3) is 0 Å². The van der Waals surface area contributed by atoms with Gasteiger partial charge in [0.15, 0.2) is 0 Å². The van der Waals surface area contributed by atoms with Crippen molar-refractivity contribution < 1.29 is 9.72 Å². The van der Waals surface area contributed by atoms with E-state index in [1.807, 2.05) is 29.9 Å². The van der Waals surface area contributed by atoms with E-state index in [4.69, 9.17) is 11.6 Å². The Hall–Kier alpha value is -2.34. The molecule has 0 spiro atoms. The molecule has 1 aromatic carbocycles. The number of nitro groups is 1. The summed E-state index contributed by atoms with van der Waals surface area (Å²) in [5.41, 5.74) is 0.841. The van der Waals surface area contributed by atoms with Gasteiger partial charge in [0, 0.05) is 31.1 Å². The first-order valence-electron chi connectivity index (χ1n) is 5.81. The summed E-state index contributed by atoms with van der Waals surface area (Å²) >= 11 is 5.90. The van der Waals surface area contributed by atoms with Crippen molar-refractivity contribution in [2.24, 2.45) is 7.05 Å². The molecule has 104 valence electrons. The molecule has 1 N–H and O–H groups in total. The third kappa shape index (κ3) is 2.97. The fourth-order valence-corrected chi connectivity index (χ4v) is 1.95. The topological polar surface area (TPSA) is 77.2 Å². The lowest BCUT2D eigenvalue weighted by atomic mass is 10.2. The summed E-state index contributed by atoms with van der Waals surface area (Å²) in [6, 6.07) is 7.51. The third-order valence-electron chi connectivity index (χ3n) is 2.89. The highest BCUT2D eigenvalue weighted by molar-refractivity contribution is 6.33. The third-order valence-corrected chi connectivity index (χ3v) is 3.22. The van der Waals surface area contributed by atoms with Crippen LogP contribution in [-0.2, 0) is 13.6 Å². The molecule has 0 fully saturated rings. The van der Waals surface area contributed by atoms with Crippen LogP contribution in [0, 0.1) is 10.1 Å². The van der Waals surface area contributed by atoms with E-state index in [1.54, 1.807) is 0 Å². The maximum Gasteiger partial charge on any atom is 0.270 e. The van der Waals surface area contributed by atoms with Crippen LogP contribution in [0.4, 0.5) is 5.69 Å². The number of nitrogens with zero attached hydrogens (tertiary/aromatic N) is 2. The van der Waals surface area contributed by atoms with E-state index in [1.165, 1.54) is 18.2 Å². The molecule has 0 saturated carbocycles. The van der Waals surface area contributed by atoms with E-state index in [9.17, 15) is 14.9 Å². The number of hydrogen-bond donors (Lipinski definition) is 1. The lowest BCUT2D eigenvalue weighted by Crippen LogP contribution is -2.24. The minimum Gasteiger partial charge on any atom is -0.353 e. The second-order valence-electron chi connectivity index (χ2n) is 4.21. The predicted molar refractivity (Wildman–Crippen MR) is 74.7 cm³/mol. The molecule has 0 bridgehead atoms. The van der Waals surface area contributed by atoms with Gasteiger partial charge in [-0.3, -0.25) is 14.9 Å². The molecule has 1 aromatic heterocycles. The summed E-state index contributed by atoms with van der Waals surface area (Å²) in [6.07, 6.45) is 1.86. The van der Waals surface area contributed by atoms with Gasteiger partial charge >= 0.3 is 0 Å². The molecule has 7 heteroatoms. The van der Waals surface area contributed by atoms with Crippen LogP contribution in [0.5, 0.6) is 0 Å². The van der Waals surface area contributed by atoms with E-state index in [2.05, 4.69) is 5.32 Å². The molecular weight excluding hydrogens is 282 g/mol. The number of nitro benzene ring substituents is 1. The number of rotatable bonds is 4. The second kappa shape index (κ2) is 5.75. The maximum atomic E-state index is 12.0. The first-order valence-corrected chi connectivity index (χ1v) is 6.19. The Labute approximate surface area is 120 Å². The zero-order chi connectivity index (χ0) is 14.7. The highest BCUT2D eigenvalue weighted by Gasteiger charge is 2.15.